The fraction of sp³-hybridized carbons (Fsp3) is 0.889. The van der Waals surface area contributed by atoms with E-state index in [2.05, 4.69) is 10.2 Å². The van der Waals surface area contributed by atoms with Gasteiger partial charge in [0, 0.05) is 39.1 Å². The number of piperazine rings is 1. The Hall–Kier alpha value is -0.320. The summed E-state index contributed by atoms with van der Waals surface area (Å²) in [4.78, 5) is 13.1. The summed E-state index contributed by atoms with van der Waals surface area (Å²) < 4.78 is 4.99. The molecule has 0 radical (unpaired) electrons. The van der Waals surface area contributed by atoms with Crippen molar-refractivity contribution in [3.63, 3.8) is 0 Å². The number of hydrogen-bond acceptors (Lipinski definition) is 4. The molecule has 0 aromatic rings. The van der Waals surface area contributed by atoms with Gasteiger partial charge in [0.2, 0.25) is 0 Å². The third-order valence-corrected chi connectivity index (χ3v) is 2.17. The zero-order valence-corrected chi connectivity index (χ0v) is 9.44. The Labute approximate surface area is 91.4 Å². The first-order valence-corrected chi connectivity index (χ1v) is 4.91. The number of ether oxygens (including phenoxy) is 1. The number of hydrogen-bond donors (Lipinski definition) is 1. The van der Waals surface area contributed by atoms with Gasteiger partial charge in [0.1, 0.15) is 6.61 Å². The molecule has 0 saturated carbocycles. The van der Waals surface area contributed by atoms with E-state index in [1.54, 1.807) is 0 Å². The van der Waals surface area contributed by atoms with Crippen LogP contribution in [-0.2, 0) is 9.53 Å². The Morgan fingerprint density at radius 1 is 1.43 bits per heavy atom. The van der Waals surface area contributed by atoms with Crippen LogP contribution in [0.15, 0.2) is 0 Å². The summed E-state index contributed by atoms with van der Waals surface area (Å²) in [6.45, 7) is 7.42. The molecule has 1 aliphatic heterocycles. The molecule has 84 valence electrons. The van der Waals surface area contributed by atoms with Crippen LogP contribution in [0.2, 0.25) is 0 Å². The third kappa shape index (κ3) is 5.42. The van der Waals surface area contributed by atoms with E-state index in [1.165, 1.54) is 0 Å². The Morgan fingerprint density at radius 2 is 2.07 bits per heavy atom. The van der Waals surface area contributed by atoms with E-state index in [-0.39, 0.29) is 18.4 Å². The Bertz CT molecular complexity index is 161. The molecule has 0 aliphatic carbocycles. The number of nitrogens with one attached hydrogen (secondary N) is 1. The van der Waals surface area contributed by atoms with Gasteiger partial charge in [-0.05, 0) is 0 Å². The molecule has 0 aromatic carbocycles. The summed E-state index contributed by atoms with van der Waals surface area (Å²) in [5.41, 5.74) is 0. The molecular formula is C9H19ClN2O2. The van der Waals surface area contributed by atoms with Gasteiger partial charge in [-0.1, -0.05) is 6.92 Å². The minimum absolute atomic E-state index is 0. The summed E-state index contributed by atoms with van der Waals surface area (Å²) in [5.74, 6) is -0.102. The Balaban J connectivity index is 0.00000169. The summed E-state index contributed by atoms with van der Waals surface area (Å²) in [6.07, 6.45) is 0.474. The monoisotopic (exact) mass is 222 g/mol. The molecule has 0 amide bonds. The van der Waals surface area contributed by atoms with E-state index in [0.717, 1.165) is 32.7 Å². The van der Waals surface area contributed by atoms with Gasteiger partial charge in [-0.2, -0.15) is 0 Å². The molecule has 0 atom stereocenters. The van der Waals surface area contributed by atoms with Crippen LogP contribution in [0, 0.1) is 0 Å². The van der Waals surface area contributed by atoms with Crippen LogP contribution in [-0.4, -0.2) is 50.2 Å². The van der Waals surface area contributed by atoms with Gasteiger partial charge in [0.15, 0.2) is 0 Å². The van der Waals surface area contributed by atoms with Crippen LogP contribution < -0.4 is 5.32 Å². The van der Waals surface area contributed by atoms with Gasteiger partial charge < -0.3 is 10.1 Å². The SMILES string of the molecule is CCC(=O)OCCN1CCNCC1.Cl. The Kier molecular flexibility index (Phi) is 7.84. The fourth-order valence-corrected chi connectivity index (χ4v) is 1.33. The lowest BCUT2D eigenvalue weighted by Gasteiger charge is -2.26. The molecule has 0 unspecified atom stereocenters. The van der Waals surface area contributed by atoms with Crippen molar-refractivity contribution in [2.75, 3.05) is 39.3 Å². The minimum Gasteiger partial charge on any atom is -0.464 e. The fourth-order valence-electron chi connectivity index (χ4n) is 1.33. The average Bonchev–Trinajstić information content (AvgIpc) is 2.19. The van der Waals surface area contributed by atoms with Crippen LogP contribution in [0.25, 0.3) is 0 Å². The smallest absolute Gasteiger partial charge is 0.305 e. The predicted molar refractivity (Wildman–Crippen MR) is 57.8 cm³/mol. The van der Waals surface area contributed by atoms with E-state index in [0.29, 0.717) is 13.0 Å². The number of carbonyl (C=O) groups excluding carboxylic acids is 1. The first-order chi connectivity index (χ1) is 6.33. The average molecular weight is 223 g/mol. The van der Waals surface area contributed by atoms with Crippen molar-refractivity contribution in [1.82, 2.24) is 10.2 Å². The molecule has 1 saturated heterocycles. The van der Waals surface area contributed by atoms with E-state index >= 15 is 0 Å². The number of rotatable bonds is 4. The minimum atomic E-state index is -0.102. The highest BCUT2D eigenvalue weighted by Gasteiger charge is 2.09. The zero-order valence-electron chi connectivity index (χ0n) is 8.62. The summed E-state index contributed by atoms with van der Waals surface area (Å²) >= 11 is 0. The highest BCUT2D eigenvalue weighted by Crippen LogP contribution is 1.92. The van der Waals surface area contributed by atoms with E-state index in [1.807, 2.05) is 6.92 Å². The zero-order chi connectivity index (χ0) is 9.52. The van der Waals surface area contributed by atoms with E-state index in [4.69, 9.17) is 4.74 Å². The summed E-state index contributed by atoms with van der Waals surface area (Å²) in [7, 11) is 0. The number of halogens is 1. The van der Waals surface area contributed by atoms with Crippen LogP contribution in [0.5, 0.6) is 0 Å². The number of nitrogens with zero attached hydrogens (tertiary/aromatic N) is 1. The topological polar surface area (TPSA) is 41.6 Å². The lowest BCUT2D eigenvalue weighted by molar-refractivity contribution is -0.143. The number of carbonyl (C=O) groups is 1. The summed E-state index contributed by atoms with van der Waals surface area (Å²) in [6, 6.07) is 0. The first kappa shape index (κ1) is 13.7. The van der Waals surface area contributed by atoms with Crippen molar-refractivity contribution in [1.29, 1.82) is 0 Å². The van der Waals surface area contributed by atoms with Gasteiger partial charge in [0.05, 0.1) is 0 Å². The Morgan fingerprint density at radius 3 is 2.64 bits per heavy atom. The molecule has 1 heterocycles. The van der Waals surface area contributed by atoms with Gasteiger partial charge in [-0.15, -0.1) is 12.4 Å². The number of esters is 1. The van der Waals surface area contributed by atoms with Gasteiger partial charge >= 0.3 is 5.97 Å². The van der Waals surface area contributed by atoms with Crippen molar-refractivity contribution in [3.8, 4) is 0 Å². The molecule has 1 aliphatic rings. The van der Waals surface area contributed by atoms with Crippen LogP contribution >= 0.6 is 12.4 Å². The molecule has 0 bridgehead atoms. The largest absolute Gasteiger partial charge is 0.464 e. The van der Waals surface area contributed by atoms with Crippen molar-refractivity contribution < 1.29 is 9.53 Å². The lowest BCUT2D eigenvalue weighted by atomic mass is 10.3. The second-order valence-electron chi connectivity index (χ2n) is 3.17. The maximum atomic E-state index is 10.8. The molecule has 1 N–H and O–H groups in total. The lowest BCUT2D eigenvalue weighted by Crippen LogP contribution is -2.44. The molecular weight excluding hydrogens is 204 g/mol. The molecule has 5 heteroatoms. The maximum absolute atomic E-state index is 10.8. The van der Waals surface area contributed by atoms with Gasteiger partial charge in [-0.25, -0.2) is 0 Å². The van der Waals surface area contributed by atoms with E-state index in [9.17, 15) is 4.79 Å². The first-order valence-electron chi connectivity index (χ1n) is 4.91. The van der Waals surface area contributed by atoms with Crippen LogP contribution in [0.3, 0.4) is 0 Å². The van der Waals surface area contributed by atoms with Crippen molar-refractivity contribution in [3.05, 3.63) is 0 Å². The second kappa shape index (κ2) is 8.03. The van der Waals surface area contributed by atoms with E-state index < -0.39 is 0 Å². The van der Waals surface area contributed by atoms with Crippen LogP contribution in [0.4, 0.5) is 0 Å². The van der Waals surface area contributed by atoms with Crippen molar-refractivity contribution >= 4 is 18.4 Å². The van der Waals surface area contributed by atoms with Gasteiger partial charge in [-0.3, -0.25) is 9.69 Å². The molecule has 0 aromatic heterocycles. The van der Waals surface area contributed by atoms with Gasteiger partial charge in [0.25, 0.3) is 0 Å². The maximum Gasteiger partial charge on any atom is 0.305 e. The summed E-state index contributed by atoms with van der Waals surface area (Å²) in [5, 5.41) is 3.28. The molecule has 14 heavy (non-hydrogen) atoms. The van der Waals surface area contributed by atoms with Crippen LogP contribution in [0.1, 0.15) is 13.3 Å². The second-order valence-corrected chi connectivity index (χ2v) is 3.17. The third-order valence-electron chi connectivity index (χ3n) is 2.17. The quantitative estimate of drug-likeness (QED) is 0.694. The molecule has 0 spiro atoms. The highest BCUT2D eigenvalue weighted by molar-refractivity contribution is 5.85. The van der Waals surface area contributed by atoms with Crippen molar-refractivity contribution in [2.45, 2.75) is 13.3 Å². The standard InChI is InChI=1S/C9H18N2O2.ClH/c1-2-9(12)13-8-7-11-5-3-10-4-6-11;/h10H,2-8H2,1H3;1H. The molecule has 1 fully saturated rings. The molecule has 4 nitrogen and oxygen atoms in total. The normalized spacial score (nSPS) is 17.2. The van der Waals surface area contributed by atoms with Crippen molar-refractivity contribution in [2.24, 2.45) is 0 Å². The highest BCUT2D eigenvalue weighted by atomic mass is 35.5. The molecule has 1 rings (SSSR count). The predicted octanol–water partition coefficient (Wildman–Crippen LogP) is 0.267.